The van der Waals surface area contributed by atoms with E-state index in [9.17, 15) is 9.59 Å². The quantitative estimate of drug-likeness (QED) is 0.621. The minimum atomic E-state index is -0.323. The Bertz CT molecular complexity index is 422. The van der Waals surface area contributed by atoms with Gasteiger partial charge in [0, 0.05) is 28.6 Å². The van der Waals surface area contributed by atoms with Crippen molar-refractivity contribution in [2.24, 2.45) is 0 Å². The van der Waals surface area contributed by atoms with Crippen molar-refractivity contribution in [3.8, 4) is 0 Å². The van der Waals surface area contributed by atoms with Gasteiger partial charge in [0.2, 0.25) is 5.91 Å². The molecule has 1 aromatic carbocycles. The molecule has 1 rings (SSSR count). The molecule has 0 unspecified atom stereocenters. The number of rotatable bonds is 7. The number of amides is 1. The lowest BCUT2D eigenvalue weighted by molar-refractivity contribution is -0.140. The summed E-state index contributed by atoms with van der Waals surface area (Å²) in [6.45, 7) is 0.317. The standard InChI is InChI=1S/C13H16ClNO3S/c1-18-13(17)6-8-15-12(16)7-9-19-11-4-2-10(14)3-5-11/h2-5H,6-9H2,1H3,(H,15,16). The van der Waals surface area contributed by atoms with E-state index in [1.165, 1.54) is 7.11 Å². The first-order chi connectivity index (χ1) is 9.11. The number of carbonyl (C=O) groups is 2. The lowest BCUT2D eigenvalue weighted by Gasteiger charge is -2.04. The highest BCUT2D eigenvalue weighted by Gasteiger charge is 2.04. The van der Waals surface area contributed by atoms with Crippen LogP contribution < -0.4 is 5.32 Å². The summed E-state index contributed by atoms with van der Waals surface area (Å²) in [6.07, 6.45) is 0.612. The molecule has 0 heterocycles. The van der Waals surface area contributed by atoms with Crippen LogP contribution in [-0.2, 0) is 14.3 Å². The van der Waals surface area contributed by atoms with Crippen LogP contribution in [0.15, 0.2) is 29.2 Å². The fraction of sp³-hybridized carbons (Fsp3) is 0.385. The van der Waals surface area contributed by atoms with Crippen LogP contribution in [-0.4, -0.2) is 31.3 Å². The first-order valence-corrected chi connectivity index (χ1v) is 7.20. The van der Waals surface area contributed by atoms with Crippen molar-refractivity contribution < 1.29 is 14.3 Å². The minimum absolute atomic E-state index is 0.0645. The molecule has 0 radical (unpaired) electrons. The number of methoxy groups -OCH3 is 1. The maximum Gasteiger partial charge on any atom is 0.307 e. The monoisotopic (exact) mass is 301 g/mol. The molecule has 1 aromatic rings. The minimum Gasteiger partial charge on any atom is -0.469 e. The predicted molar refractivity (Wildman–Crippen MR) is 76.4 cm³/mol. The fourth-order valence-electron chi connectivity index (χ4n) is 1.29. The summed E-state index contributed by atoms with van der Waals surface area (Å²) in [7, 11) is 1.33. The average molecular weight is 302 g/mol. The average Bonchev–Trinajstić information content (AvgIpc) is 2.41. The first-order valence-electron chi connectivity index (χ1n) is 5.83. The van der Waals surface area contributed by atoms with Gasteiger partial charge >= 0.3 is 5.97 Å². The number of nitrogens with one attached hydrogen (secondary N) is 1. The Hall–Kier alpha value is -1.20. The van der Waals surface area contributed by atoms with Gasteiger partial charge in [-0.15, -0.1) is 11.8 Å². The number of thioether (sulfide) groups is 1. The molecule has 0 spiro atoms. The summed E-state index contributed by atoms with van der Waals surface area (Å²) in [5, 5.41) is 3.37. The number of halogens is 1. The maximum atomic E-state index is 11.5. The highest BCUT2D eigenvalue weighted by atomic mass is 35.5. The van der Waals surface area contributed by atoms with Gasteiger partial charge in [-0.25, -0.2) is 0 Å². The van der Waals surface area contributed by atoms with Crippen LogP contribution in [0.25, 0.3) is 0 Å². The maximum absolute atomic E-state index is 11.5. The third-order valence-corrected chi connectivity index (χ3v) is 3.56. The van der Waals surface area contributed by atoms with Crippen molar-refractivity contribution in [1.82, 2.24) is 5.32 Å². The van der Waals surface area contributed by atoms with Crippen molar-refractivity contribution >= 4 is 35.2 Å². The van der Waals surface area contributed by atoms with E-state index in [1.807, 2.05) is 24.3 Å². The van der Waals surface area contributed by atoms with Crippen LogP contribution >= 0.6 is 23.4 Å². The molecule has 0 atom stereocenters. The van der Waals surface area contributed by atoms with Gasteiger partial charge in [-0.1, -0.05) is 11.6 Å². The third kappa shape index (κ3) is 7.08. The smallest absolute Gasteiger partial charge is 0.307 e. The van der Waals surface area contributed by atoms with Crippen molar-refractivity contribution in [1.29, 1.82) is 0 Å². The Balaban J connectivity index is 2.13. The fourth-order valence-corrected chi connectivity index (χ4v) is 2.26. The van der Waals surface area contributed by atoms with E-state index in [1.54, 1.807) is 11.8 Å². The number of carbonyl (C=O) groups excluding carboxylic acids is 2. The van der Waals surface area contributed by atoms with Crippen LogP contribution in [0.2, 0.25) is 5.02 Å². The van der Waals surface area contributed by atoms with E-state index in [2.05, 4.69) is 10.1 Å². The van der Waals surface area contributed by atoms with Crippen molar-refractivity contribution in [3.05, 3.63) is 29.3 Å². The highest BCUT2D eigenvalue weighted by molar-refractivity contribution is 7.99. The molecule has 0 aliphatic carbocycles. The number of benzene rings is 1. The van der Waals surface area contributed by atoms with Gasteiger partial charge in [-0.3, -0.25) is 9.59 Å². The number of hydrogen-bond acceptors (Lipinski definition) is 4. The zero-order chi connectivity index (χ0) is 14.1. The zero-order valence-electron chi connectivity index (χ0n) is 10.6. The largest absolute Gasteiger partial charge is 0.469 e. The van der Waals surface area contributed by atoms with Crippen molar-refractivity contribution in [3.63, 3.8) is 0 Å². The second-order valence-electron chi connectivity index (χ2n) is 3.73. The van der Waals surface area contributed by atoms with Gasteiger partial charge in [-0.2, -0.15) is 0 Å². The molecule has 1 amide bonds. The van der Waals surface area contributed by atoms with E-state index in [0.717, 1.165) is 4.90 Å². The second-order valence-corrected chi connectivity index (χ2v) is 5.33. The molecule has 0 saturated heterocycles. The second kappa shape index (κ2) is 8.82. The van der Waals surface area contributed by atoms with Gasteiger partial charge < -0.3 is 10.1 Å². The van der Waals surface area contributed by atoms with E-state index in [0.29, 0.717) is 23.7 Å². The van der Waals surface area contributed by atoms with Gasteiger partial charge in [0.1, 0.15) is 0 Å². The highest BCUT2D eigenvalue weighted by Crippen LogP contribution is 2.20. The lowest BCUT2D eigenvalue weighted by Crippen LogP contribution is -2.26. The summed E-state index contributed by atoms with van der Waals surface area (Å²) in [4.78, 5) is 23.4. The normalized spacial score (nSPS) is 10.0. The van der Waals surface area contributed by atoms with Crippen molar-refractivity contribution in [2.45, 2.75) is 17.7 Å². The number of esters is 1. The van der Waals surface area contributed by atoms with Gasteiger partial charge in [0.25, 0.3) is 0 Å². The molecular formula is C13H16ClNO3S. The Morgan fingerprint density at radius 1 is 1.26 bits per heavy atom. The van der Waals surface area contributed by atoms with Crippen LogP contribution in [0.1, 0.15) is 12.8 Å². The topological polar surface area (TPSA) is 55.4 Å². The van der Waals surface area contributed by atoms with Crippen LogP contribution in [0, 0.1) is 0 Å². The van der Waals surface area contributed by atoms with E-state index < -0.39 is 0 Å². The summed E-state index contributed by atoms with van der Waals surface area (Å²) in [5.41, 5.74) is 0. The Labute approximate surface area is 121 Å². The molecule has 0 fully saturated rings. The first kappa shape index (κ1) is 15.9. The Morgan fingerprint density at radius 3 is 2.58 bits per heavy atom. The molecule has 0 bridgehead atoms. The predicted octanol–water partition coefficient (Wildman–Crippen LogP) is 2.50. The summed E-state index contributed by atoms with van der Waals surface area (Å²) in [5.74, 6) is 0.298. The summed E-state index contributed by atoms with van der Waals surface area (Å²) in [6, 6.07) is 7.48. The van der Waals surface area contributed by atoms with Gasteiger partial charge in [-0.05, 0) is 24.3 Å². The lowest BCUT2D eigenvalue weighted by atomic mass is 10.4. The molecule has 1 N–H and O–H groups in total. The number of ether oxygens (including phenoxy) is 1. The molecule has 0 saturated carbocycles. The Morgan fingerprint density at radius 2 is 1.95 bits per heavy atom. The van der Waals surface area contributed by atoms with Crippen LogP contribution in [0.3, 0.4) is 0 Å². The van der Waals surface area contributed by atoms with Crippen LogP contribution in [0.5, 0.6) is 0 Å². The number of hydrogen-bond donors (Lipinski definition) is 1. The molecule has 0 aromatic heterocycles. The molecule has 0 aliphatic rings. The van der Waals surface area contributed by atoms with Crippen molar-refractivity contribution in [2.75, 3.05) is 19.4 Å². The van der Waals surface area contributed by atoms with Gasteiger partial charge in [0.15, 0.2) is 0 Å². The van der Waals surface area contributed by atoms with E-state index in [4.69, 9.17) is 11.6 Å². The van der Waals surface area contributed by atoms with Crippen LogP contribution in [0.4, 0.5) is 0 Å². The molecule has 104 valence electrons. The van der Waals surface area contributed by atoms with E-state index in [-0.39, 0.29) is 18.3 Å². The molecule has 0 aliphatic heterocycles. The summed E-state index contributed by atoms with van der Waals surface area (Å²) < 4.78 is 4.48. The molecule has 4 nitrogen and oxygen atoms in total. The SMILES string of the molecule is COC(=O)CCNC(=O)CCSc1ccc(Cl)cc1. The molecule has 6 heteroatoms. The third-order valence-electron chi connectivity index (χ3n) is 2.29. The molecular weight excluding hydrogens is 286 g/mol. The summed E-state index contributed by atoms with van der Waals surface area (Å²) >= 11 is 7.37. The van der Waals surface area contributed by atoms with E-state index >= 15 is 0 Å². The molecule has 19 heavy (non-hydrogen) atoms. The zero-order valence-corrected chi connectivity index (χ0v) is 12.2. The Kier molecular flexibility index (Phi) is 7.36. The van der Waals surface area contributed by atoms with Gasteiger partial charge in [0.05, 0.1) is 13.5 Å².